The molecule has 13 heavy (non-hydrogen) atoms. The van der Waals surface area contributed by atoms with Crippen LogP contribution in [0.1, 0.15) is 25.3 Å². The third-order valence-electron chi connectivity index (χ3n) is 1.65. The van der Waals surface area contributed by atoms with E-state index in [0.29, 0.717) is 12.4 Å². The Morgan fingerprint density at radius 2 is 2.38 bits per heavy atom. The van der Waals surface area contributed by atoms with Crippen molar-refractivity contribution in [2.45, 2.75) is 26.4 Å². The fourth-order valence-electron chi connectivity index (χ4n) is 0.840. The lowest BCUT2D eigenvalue weighted by Crippen LogP contribution is -2.03. The highest BCUT2D eigenvalue weighted by Crippen LogP contribution is 2.05. The Morgan fingerprint density at radius 1 is 1.54 bits per heavy atom. The Bertz CT molecular complexity index is 254. The molecule has 0 radical (unpaired) electrons. The Morgan fingerprint density at radius 3 is 3.08 bits per heavy atom. The maximum absolute atomic E-state index is 5.54. The number of nitrogens with zero attached hydrogens (tertiary/aromatic N) is 3. The fraction of sp³-hybridized carbons (Fsp3) is 0.625. The Balaban J connectivity index is 2.32. The highest BCUT2D eigenvalue weighted by molar-refractivity contribution is 5.34. The van der Waals surface area contributed by atoms with Crippen LogP contribution in [0.25, 0.3) is 0 Å². The molecule has 0 unspecified atom stereocenters. The Hall–Kier alpha value is -1.23. The molecule has 0 saturated heterocycles. The van der Waals surface area contributed by atoms with Crippen LogP contribution < -0.4 is 5.73 Å². The summed E-state index contributed by atoms with van der Waals surface area (Å²) in [7, 11) is 0. The van der Waals surface area contributed by atoms with Gasteiger partial charge in [-0.2, -0.15) is 0 Å². The normalized spacial score (nSPS) is 10.2. The van der Waals surface area contributed by atoms with E-state index in [1.807, 2.05) is 0 Å². The summed E-state index contributed by atoms with van der Waals surface area (Å²) in [6.45, 7) is 3.33. The van der Waals surface area contributed by atoms with Crippen molar-refractivity contribution in [2.75, 3.05) is 12.3 Å². The van der Waals surface area contributed by atoms with E-state index in [4.69, 9.17) is 10.5 Å². The quantitative estimate of drug-likeness (QED) is 0.681. The lowest BCUT2D eigenvalue weighted by molar-refractivity contribution is 0.118. The zero-order chi connectivity index (χ0) is 9.52. The summed E-state index contributed by atoms with van der Waals surface area (Å²) in [6, 6.07) is 0. The number of anilines is 1. The minimum Gasteiger partial charge on any atom is -0.382 e. The zero-order valence-corrected chi connectivity index (χ0v) is 7.73. The predicted molar refractivity (Wildman–Crippen MR) is 48.8 cm³/mol. The fourth-order valence-corrected chi connectivity index (χ4v) is 0.840. The number of aromatic nitrogens is 3. The van der Waals surface area contributed by atoms with Crippen LogP contribution in [0.3, 0.4) is 0 Å². The number of unbranched alkanes of at least 4 members (excludes halogenated alkanes) is 1. The zero-order valence-electron chi connectivity index (χ0n) is 7.73. The molecule has 1 heterocycles. The number of hydrogen-bond acceptors (Lipinski definition) is 5. The van der Waals surface area contributed by atoms with Crippen LogP contribution in [0.2, 0.25) is 0 Å². The van der Waals surface area contributed by atoms with E-state index in [9.17, 15) is 0 Å². The summed E-state index contributed by atoms with van der Waals surface area (Å²) in [6.07, 6.45) is 3.77. The molecule has 0 bridgehead atoms. The van der Waals surface area contributed by atoms with Gasteiger partial charge in [-0.25, -0.2) is 0 Å². The van der Waals surface area contributed by atoms with Gasteiger partial charge in [-0.3, -0.25) is 0 Å². The first kappa shape index (κ1) is 9.85. The van der Waals surface area contributed by atoms with Gasteiger partial charge in [0, 0.05) is 12.2 Å². The molecule has 0 spiro atoms. The van der Waals surface area contributed by atoms with Gasteiger partial charge in [0.15, 0.2) is 5.82 Å². The average Bonchev–Trinajstić information content (AvgIpc) is 2.15. The maximum atomic E-state index is 5.54. The molecule has 2 N–H and O–H groups in total. The molecule has 0 saturated carbocycles. The second-order valence-corrected chi connectivity index (χ2v) is 2.75. The molecular formula is C8H14N4O. The van der Waals surface area contributed by atoms with Gasteiger partial charge in [0.05, 0.1) is 12.8 Å². The van der Waals surface area contributed by atoms with Gasteiger partial charge in [-0.15, -0.1) is 10.2 Å². The van der Waals surface area contributed by atoms with Crippen LogP contribution in [-0.4, -0.2) is 22.0 Å². The van der Waals surface area contributed by atoms with Crippen molar-refractivity contribution in [1.29, 1.82) is 0 Å². The first-order valence-electron chi connectivity index (χ1n) is 4.35. The molecule has 0 fully saturated rings. The lowest BCUT2D eigenvalue weighted by atomic mass is 10.3. The molecule has 0 aliphatic carbocycles. The summed E-state index contributed by atoms with van der Waals surface area (Å²) >= 11 is 0. The van der Waals surface area contributed by atoms with Crippen molar-refractivity contribution < 1.29 is 4.74 Å². The SMILES string of the molecule is CCCCOCc1cnnnc1N. The number of ether oxygens (including phenoxy) is 1. The Kier molecular flexibility index (Phi) is 4.11. The number of nitrogens with two attached hydrogens (primary N) is 1. The number of hydrogen-bond donors (Lipinski definition) is 1. The summed E-state index contributed by atoms with van der Waals surface area (Å²) < 4.78 is 5.35. The van der Waals surface area contributed by atoms with Crippen molar-refractivity contribution in [3.05, 3.63) is 11.8 Å². The van der Waals surface area contributed by atoms with Crippen LogP contribution in [0.4, 0.5) is 5.82 Å². The number of rotatable bonds is 5. The van der Waals surface area contributed by atoms with Crippen molar-refractivity contribution in [2.24, 2.45) is 0 Å². The molecule has 1 aromatic heterocycles. The van der Waals surface area contributed by atoms with E-state index in [1.54, 1.807) is 6.20 Å². The molecule has 5 nitrogen and oxygen atoms in total. The van der Waals surface area contributed by atoms with Crippen LogP contribution >= 0.6 is 0 Å². The average molecular weight is 182 g/mol. The molecule has 0 aromatic carbocycles. The Labute approximate surface area is 77.3 Å². The van der Waals surface area contributed by atoms with E-state index in [1.165, 1.54) is 0 Å². The van der Waals surface area contributed by atoms with E-state index in [0.717, 1.165) is 25.0 Å². The van der Waals surface area contributed by atoms with E-state index in [-0.39, 0.29) is 0 Å². The minimum absolute atomic E-state index is 0.395. The third kappa shape index (κ3) is 3.33. The minimum atomic E-state index is 0.395. The second-order valence-electron chi connectivity index (χ2n) is 2.75. The van der Waals surface area contributed by atoms with Gasteiger partial charge >= 0.3 is 0 Å². The van der Waals surface area contributed by atoms with Gasteiger partial charge in [-0.05, 0) is 11.6 Å². The smallest absolute Gasteiger partial charge is 0.155 e. The van der Waals surface area contributed by atoms with Gasteiger partial charge in [0.2, 0.25) is 0 Å². The molecule has 0 aliphatic heterocycles. The van der Waals surface area contributed by atoms with E-state index >= 15 is 0 Å². The predicted octanol–water partition coefficient (Wildman–Crippen LogP) is 0.770. The summed E-state index contributed by atoms with van der Waals surface area (Å²) in [5.74, 6) is 0.395. The van der Waals surface area contributed by atoms with Crippen molar-refractivity contribution in [3.63, 3.8) is 0 Å². The highest BCUT2D eigenvalue weighted by Gasteiger charge is 1.99. The first-order valence-corrected chi connectivity index (χ1v) is 4.35. The molecule has 5 heteroatoms. The molecule has 0 amide bonds. The third-order valence-corrected chi connectivity index (χ3v) is 1.65. The molecule has 72 valence electrons. The summed E-state index contributed by atoms with van der Waals surface area (Å²) in [4.78, 5) is 0. The molecule has 1 aromatic rings. The highest BCUT2D eigenvalue weighted by atomic mass is 16.5. The number of nitrogen functional groups attached to an aromatic ring is 1. The monoisotopic (exact) mass is 182 g/mol. The van der Waals surface area contributed by atoms with Crippen LogP contribution in [0.5, 0.6) is 0 Å². The van der Waals surface area contributed by atoms with Gasteiger partial charge in [-0.1, -0.05) is 13.3 Å². The standard InChI is InChI=1S/C8H14N4O/c1-2-3-4-13-6-7-5-10-12-11-8(7)9/h5H,2-4,6H2,1H3,(H2,9,10,11). The summed E-state index contributed by atoms with van der Waals surface area (Å²) in [5, 5.41) is 10.6. The van der Waals surface area contributed by atoms with Gasteiger partial charge in [0.1, 0.15) is 0 Å². The molecule has 1 rings (SSSR count). The van der Waals surface area contributed by atoms with Crippen molar-refractivity contribution in [3.8, 4) is 0 Å². The first-order chi connectivity index (χ1) is 6.34. The van der Waals surface area contributed by atoms with Crippen LogP contribution in [0.15, 0.2) is 6.20 Å². The molecular weight excluding hydrogens is 168 g/mol. The van der Waals surface area contributed by atoms with Crippen molar-refractivity contribution >= 4 is 5.82 Å². The largest absolute Gasteiger partial charge is 0.382 e. The molecule has 0 atom stereocenters. The van der Waals surface area contributed by atoms with Crippen LogP contribution in [-0.2, 0) is 11.3 Å². The molecule has 0 aliphatic rings. The maximum Gasteiger partial charge on any atom is 0.155 e. The van der Waals surface area contributed by atoms with E-state index in [2.05, 4.69) is 22.3 Å². The van der Waals surface area contributed by atoms with Gasteiger partial charge in [0.25, 0.3) is 0 Å². The summed E-state index contributed by atoms with van der Waals surface area (Å²) in [5.41, 5.74) is 6.34. The van der Waals surface area contributed by atoms with Gasteiger partial charge < -0.3 is 10.5 Å². The van der Waals surface area contributed by atoms with Crippen molar-refractivity contribution in [1.82, 2.24) is 15.4 Å². The topological polar surface area (TPSA) is 73.9 Å². The second kappa shape index (κ2) is 5.42. The lowest BCUT2D eigenvalue weighted by Gasteiger charge is -2.03. The van der Waals surface area contributed by atoms with E-state index < -0.39 is 0 Å². The van der Waals surface area contributed by atoms with Crippen LogP contribution in [0, 0.1) is 0 Å².